The molecule has 0 spiro atoms. The Morgan fingerprint density at radius 3 is 2.71 bits per heavy atom. The fourth-order valence-corrected chi connectivity index (χ4v) is 6.78. The number of hydrogen-bond donors (Lipinski definition) is 1. The fourth-order valence-electron chi connectivity index (χ4n) is 2.84. The van der Waals surface area contributed by atoms with Gasteiger partial charge in [-0.15, -0.1) is 0 Å². The molecule has 1 aliphatic heterocycles. The van der Waals surface area contributed by atoms with Crippen LogP contribution in [0, 0.1) is 0 Å². The van der Waals surface area contributed by atoms with Gasteiger partial charge < -0.3 is 0 Å². The van der Waals surface area contributed by atoms with Gasteiger partial charge in [-0.05, 0) is 12.8 Å². The molecule has 0 aromatic carbocycles. The smallest absolute Gasteiger partial charge is 0.0780 e. The summed E-state index contributed by atoms with van der Waals surface area (Å²) in [6.07, 6.45) is 5.23. The van der Waals surface area contributed by atoms with Crippen molar-refractivity contribution in [3.63, 3.8) is 0 Å². The summed E-state index contributed by atoms with van der Waals surface area (Å²) in [4.78, 5) is 6.00. The Balaban J connectivity index is 2.58. The molecule has 2 nitrogen and oxygen atoms in total. The van der Waals surface area contributed by atoms with Crippen LogP contribution in [0.15, 0.2) is 0 Å². The maximum atomic E-state index is 6.00. The minimum Gasteiger partial charge on any atom is -0.299 e. The first-order chi connectivity index (χ1) is 6.79. The minimum absolute atomic E-state index is 0.291. The summed E-state index contributed by atoms with van der Waals surface area (Å²) in [6.45, 7) is 7.66. The van der Waals surface area contributed by atoms with Gasteiger partial charge in [0.05, 0.1) is 14.0 Å². The highest BCUT2D eigenvalue weighted by atomic mass is 28.3. The lowest BCUT2D eigenvalue weighted by atomic mass is 10.1. The van der Waals surface area contributed by atoms with Crippen molar-refractivity contribution in [3.05, 3.63) is 0 Å². The highest BCUT2D eigenvalue weighted by Crippen LogP contribution is 2.37. The van der Waals surface area contributed by atoms with E-state index in [1.807, 2.05) is 0 Å². The second-order valence-corrected chi connectivity index (χ2v) is 8.25. The number of nitrogens with one attached hydrogen (secondary N) is 1. The molecular weight excluding hydrogens is 190 g/mol. The van der Waals surface area contributed by atoms with E-state index in [-0.39, 0.29) is 0 Å². The molecule has 1 N–H and O–H groups in total. The van der Waals surface area contributed by atoms with Crippen molar-refractivity contribution in [3.8, 4) is 0 Å². The Morgan fingerprint density at radius 1 is 1.36 bits per heavy atom. The molecule has 84 valence electrons. The molecule has 1 fully saturated rings. The maximum Gasteiger partial charge on any atom is 0.0780 e. The predicted octanol–water partition coefficient (Wildman–Crippen LogP) is 2.65. The van der Waals surface area contributed by atoms with Crippen molar-refractivity contribution in [2.45, 2.75) is 63.8 Å². The van der Waals surface area contributed by atoms with Crippen molar-refractivity contribution in [2.24, 2.45) is 0 Å². The molecule has 0 bridgehead atoms. The quantitative estimate of drug-likeness (QED) is 0.543. The van der Waals surface area contributed by atoms with E-state index in [1.165, 1.54) is 37.8 Å². The zero-order valence-corrected chi connectivity index (χ0v) is 11.1. The van der Waals surface area contributed by atoms with Gasteiger partial charge in [0.15, 0.2) is 0 Å². The van der Waals surface area contributed by atoms with Gasteiger partial charge in [0.2, 0.25) is 0 Å². The first kappa shape index (κ1) is 12.2. The summed E-state index contributed by atoms with van der Waals surface area (Å²) in [5, 5.41) is 0.291. The van der Waals surface area contributed by atoms with E-state index in [1.54, 1.807) is 0 Å². The van der Waals surface area contributed by atoms with Crippen LogP contribution in [-0.2, 0) is 4.84 Å². The summed E-state index contributed by atoms with van der Waals surface area (Å²) in [5.74, 6) is 0. The Bertz CT molecular complexity index is 165. The monoisotopic (exact) mass is 215 g/mol. The Morgan fingerprint density at radius 2 is 2.14 bits per heavy atom. The summed E-state index contributed by atoms with van der Waals surface area (Å²) >= 11 is 0. The molecule has 0 radical (unpaired) electrons. The molecule has 0 aliphatic carbocycles. The number of hydrogen-bond acceptors (Lipinski definition) is 2. The molecule has 2 unspecified atom stereocenters. The van der Waals surface area contributed by atoms with Crippen LogP contribution in [0.25, 0.3) is 0 Å². The SMILES string of the molecule is CCCC1(ONCC)CCC[SiH]1CC. The van der Waals surface area contributed by atoms with Crippen LogP contribution >= 0.6 is 0 Å². The molecule has 14 heavy (non-hydrogen) atoms. The van der Waals surface area contributed by atoms with Crippen molar-refractivity contribution < 1.29 is 4.84 Å². The lowest BCUT2D eigenvalue weighted by molar-refractivity contribution is -0.0608. The molecule has 1 aliphatic rings. The fraction of sp³-hybridized carbons (Fsp3) is 1.00. The van der Waals surface area contributed by atoms with Gasteiger partial charge in [-0.1, -0.05) is 45.7 Å². The zero-order chi connectivity index (χ0) is 10.4. The van der Waals surface area contributed by atoms with E-state index in [4.69, 9.17) is 4.84 Å². The van der Waals surface area contributed by atoms with Crippen molar-refractivity contribution in [1.82, 2.24) is 5.48 Å². The predicted molar refractivity (Wildman–Crippen MR) is 64.1 cm³/mol. The molecule has 1 rings (SSSR count). The van der Waals surface area contributed by atoms with E-state index in [0.29, 0.717) is 5.22 Å². The highest BCUT2D eigenvalue weighted by Gasteiger charge is 2.43. The highest BCUT2D eigenvalue weighted by molar-refractivity contribution is 6.62. The minimum atomic E-state index is -0.645. The van der Waals surface area contributed by atoms with Crippen molar-refractivity contribution in [2.75, 3.05) is 6.54 Å². The van der Waals surface area contributed by atoms with Gasteiger partial charge in [-0.2, -0.15) is 0 Å². The average molecular weight is 215 g/mol. The summed E-state index contributed by atoms with van der Waals surface area (Å²) in [5.41, 5.74) is 3.11. The summed E-state index contributed by atoms with van der Waals surface area (Å²) in [6, 6.07) is 2.88. The van der Waals surface area contributed by atoms with Gasteiger partial charge in [0.1, 0.15) is 0 Å². The van der Waals surface area contributed by atoms with E-state index >= 15 is 0 Å². The van der Waals surface area contributed by atoms with Gasteiger partial charge in [-0.25, -0.2) is 5.48 Å². The normalized spacial score (nSPS) is 32.4. The van der Waals surface area contributed by atoms with Gasteiger partial charge in [0, 0.05) is 6.54 Å². The van der Waals surface area contributed by atoms with E-state index < -0.39 is 8.80 Å². The Hall–Kier alpha value is 0.137. The maximum absolute atomic E-state index is 6.00. The van der Waals surface area contributed by atoms with Crippen LogP contribution in [0.1, 0.15) is 46.5 Å². The third-order valence-corrected chi connectivity index (χ3v) is 7.76. The van der Waals surface area contributed by atoms with Crippen molar-refractivity contribution in [1.29, 1.82) is 0 Å². The van der Waals surface area contributed by atoms with Crippen LogP contribution in [0.3, 0.4) is 0 Å². The molecule has 2 atom stereocenters. The average Bonchev–Trinajstić information content (AvgIpc) is 2.59. The molecular formula is C11H25NOSi. The van der Waals surface area contributed by atoms with E-state index in [0.717, 1.165) is 6.54 Å². The topological polar surface area (TPSA) is 21.3 Å². The van der Waals surface area contributed by atoms with Crippen LogP contribution in [0.4, 0.5) is 0 Å². The van der Waals surface area contributed by atoms with Crippen LogP contribution in [0.5, 0.6) is 0 Å². The number of hydroxylamine groups is 1. The lowest BCUT2D eigenvalue weighted by Crippen LogP contribution is -2.47. The first-order valence-electron chi connectivity index (χ1n) is 6.20. The van der Waals surface area contributed by atoms with Crippen molar-refractivity contribution >= 4 is 8.80 Å². The first-order valence-corrected chi connectivity index (χ1v) is 8.41. The third kappa shape index (κ3) is 2.58. The van der Waals surface area contributed by atoms with E-state index in [2.05, 4.69) is 26.3 Å². The zero-order valence-electron chi connectivity index (χ0n) is 9.94. The van der Waals surface area contributed by atoms with Gasteiger partial charge in [0.25, 0.3) is 0 Å². The molecule has 0 aromatic heterocycles. The second kappa shape index (κ2) is 5.88. The van der Waals surface area contributed by atoms with E-state index in [9.17, 15) is 0 Å². The molecule has 3 heteroatoms. The largest absolute Gasteiger partial charge is 0.299 e. The van der Waals surface area contributed by atoms with Crippen LogP contribution in [-0.4, -0.2) is 20.6 Å². The Kier molecular flexibility index (Phi) is 5.13. The third-order valence-electron chi connectivity index (χ3n) is 3.48. The van der Waals surface area contributed by atoms with Crippen LogP contribution < -0.4 is 5.48 Å². The molecule has 0 aromatic rings. The molecule has 0 saturated carbocycles. The molecule has 0 amide bonds. The lowest BCUT2D eigenvalue weighted by Gasteiger charge is -2.34. The summed E-state index contributed by atoms with van der Waals surface area (Å²) < 4.78 is 0. The standard InChI is InChI=1S/C11H25NOSi/c1-4-8-11(13-12-5-2)9-7-10-14(11)6-3/h12,14H,4-10H2,1-3H3. The van der Waals surface area contributed by atoms with Crippen LogP contribution in [0.2, 0.25) is 12.1 Å². The van der Waals surface area contributed by atoms with Gasteiger partial charge >= 0.3 is 0 Å². The molecule has 1 saturated heterocycles. The second-order valence-electron chi connectivity index (χ2n) is 4.41. The molecule has 1 heterocycles. The summed E-state index contributed by atoms with van der Waals surface area (Å²) in [7, 11) is -0.645. The van der Waals surface area contributed by atoms with Gasteiger partial charge in [-0.3, -0.25) is 4.84 Å². The Labute approximate surface area is 90.0 Å². The number of rotatable bonds is 6.